The van der Waals surface area contributed by atoms with Crippen molar-refractivity contribution >= 4 is 5.69 Å². The van der Waals surface area contributed by atoms with Gasteiger partial charge in [0.2, 0.25) is 5.88 Å². The number of aliphatic hydroxyl groups excluding tert-OH is 3. The first kappa shape index (κ1) is 30.4. The quantitative estimate of drug-likeness (QED) is 0.144. The molecule has 4 rings (SSSR count). The van der Waals surface area contributed by atoms with Gasteiger partial charge in [-0.15, -0.1) is 0 Å². The summed E-state index contributed by atoms with van der Waals surface area (Å²) in [6.45, 7) is -4.03. The van der Waals surface area contributed by atoms with Gasteiger partial charge in [0, 0.05) is 30.8 Å². The van der Waals surface area contributed by atoms with Crippen molar-refractivity contribution < 1.29 is 47.1 Å². The molecule has 0 aliphatic carbocycles. The topological polar surface area (TPSA) is 140 Å². The summed E-state index contributed by atoms with van der Waals surface area (Å²) in [5, 5.41) is 32.3. The molecule has 15 heteroatoms. The van der Waals surface area contributed by atoms with Crippen LogP contribution < -0.4 is 25.1 Å². The predicted octanol–water partition coefficient (Wildman–Crippen LogP) is 3.09. The van der Waals surface area contributed by atoms with Crippen LogP contribution in [0.4, 0.5) is 23.2 Å². The van der Waals surface area contributed by atoms with E-state index < -0.39 is 47.9 Å². The first-order valence-corrected chi connectivity index (χ1v) is 12.3. The molecule has 224 valence electrons. The molecule has 0 spiro atoms. The van der Waals surface area contributed by atoms with Crippen molar-refractivity contribution in [3.8, 4) is 34.5 Å². The molecule has 2 aromatic carbocycles. The molecule has 42 heavy (non-hydrogen) atoms. The largest absolute Gasteiger partial charge is 0.497 e. The maximum absolute atomic E-state index is 15.3. The number of anilines is 1. The number of alkyl halides is 2. The van der Waals surface area contributed by atoms with Gasteiger partial charge in [-0.05, 0) is 23.8 Å². The van der Waals surface area contributed by atoms with Crippen molar-refractivity contribution in [2.45, 2.75) is 19.4 Å². The lowest BCUT2D eigenvalue weighted by molar-refractivity contribution is -0.0498. The number of aliphatic hydroxyl groups is 3. The normalized spacial score (nSPS) is 12.0. The van der Waals surface area contributed by atoms with Crippen molar-refractivity contribution in [1.29, 1.82) is 0 Å². The molecule has 1 unspecified atom stereocenters. The minimum atomic E-state index is -3.06. The molecule has 0 aliphatic heterocycles. The molecule has 4 N–H and O–H groups in total. The summed E-state index contributed by atoms with van der Waals surface area (Å²) >= 11 is 0. The van der Waals surface area contributed by atoms with E-state index in [1.165, 1.54) is 38.4 Å². The standard InChI is InChI=1S/C27H26F4N4O7/c1-34-24(22-18(28)11-17(40-2)12-19(22)29)23(33-25(38)15-3-5-16(6-4-15)42-27(30)31)26(39)35(34)20-9-14(13-37)10-21(32-20)41-8-7-36/h3-6,9-12,25,27,33,36-38H,7-8,13H2,1-2H3. The van der Waals surface area contributed by atoms with Crippen LogP contribution >= 0.6 is 0 Å². The van der Waals surface area contributed by atoms with Crippen LogP contribution in [0.15, 0.2) is 53.3 Å². The van der Waals surface area contributed by atoms with Crippen molar-refractivity contribution in [3.63, 3.8) is 0 Å². The van der Waals surface area contributed by atoms with E-state index >= 15 is 8.78 Å². The number of halogens is 4. The lowest BCUT2D eigenvalue weighted by atomic mass is 10.1. The fourth-order valence-corrected chi connectivity index (χ4v) is 4.19. The zero-order valence-corrected chi connectivity index (χ0v) is 22.2. The molecule has 0 saturated heterocycles. The highest BCUT2D eigenvalue weighted by Crippen LogP contribution is 2.35. The second-order valence-electron chi connectivity index (χ2n) is 8.73. The van der Waals surface area contributed by atoms with Crippen LogP contribution in [-0.2, 0) is 13.7 Å². The van der Waals surface area contributed by atoms with E-state index in [0.29, 0.717) is 0 Å². The molecule has 11 nitrogen and oxygen atoms in total. The number of hydrogen-bond donors (Lipinski definition) is 4. The summed E-state index contributed by atoms with van der Waals surface area (Å²) < 4.78 is 72.2. The summed E-state index contributed by atoms with van der Waals surface area (Å²) in [5.74, 6) is -2.65. The Balaban J connectivity index is 1.89. The molecule has 4 aromatic rings. The van der Waals surface area contributed by atoms with Crippen molar-refractivity contribution in [2.75, 3.05) is 25.6 Å². The van der Waals surface area contributed by atoms with Crippen LogP contribution in [0.1, 0.15) is 17.4 Å². The SMILES string of the molecule is COc1cc(F)c(-c2c(NC(O)c3ccc(OC(F)F)cc3)c(=O)n(-c3cc(CO)cc(OCCO)n3)n2C)c(F)c1. The van der Waals surface area contributed by atoms with Gasteiger partial charge in [0.25, 0.3) is 5.56 Å². The smallest absolute Gasteiger partial charge is 0.387 e. The number of ether oxygens (including phenoxy) is 3. The number of hydrogen-bond acceptors (Lipinski definition) is 9. The molecule has 0 fully saturated rings. The zero-order chi connectivity index (χ0) is 30.6. The summed E-state index contributed by atoms with van der Waals surface area (Å²) in [6, 6.07) is 9.36. The van der Waals surface area contributed by atoms with E-state index in [4.69, 9.17) is 14.6 Å². The van der Waals surface area contributed by atoms with Gasteiger partial charge in [0.1, 0.15) is 35.4 Å². The van der Waals surface area contributed by atoms with E-state index in [2.05, 4.69) is 15.0 Å². The lowest BCUT2D eigenvalue weighted by Crippen LogP contribution is -2.23. The summed E-state index contributed by atoms with van der Waals surface area (Å²) in [5.41, 5.74) is -1.95. The highest BCUT2D eigenvalue weighted by Gasteiger charge is 2.28. The number of nitrogens with one attached hydrogen (secondary N) is 1. The summed E-state index contributed by atoms with van der Waals surface area (Å²) in [7, 11) is 2.53. The average Bonchev–Trinajstić information content (AvgIpc) is 3.19. The van der Waals surface area contributed by atoms with Crippen LogP contribution in [0, 0.1) is 11.6 Å². The Bertz CT molecular complexity index is 1590. The number of rotatable bonds is 12. The maximum Gasteiger partial charge on any atom is 0.387 e. The van der Waals surface area contributed by atoms with Gasteiger partial charge < -0.3 is 34.8 Å². The molecular weight excluding hydrogens is 568 g/mol. The number of aromatic nitrogens is 3. The van der Waals surface area contributed by atoms with Gasteiger partial charge in [-0.1, -0.05) is 12.1 Å². The van der Waals surface area contributed by atoms with E-state index in [0.717, 1.165) is 33.6 Å². The minimum Gasteiger partial charge on any atom is -0.497 e. The third kappa shape index (κ3) is 6.32. The van der Waals surface area contributed by atoms with Crippen molar-refractivity contribution in [2.24, 2.45) is 7.05 Å². The predicted molar refractivity (Wildman–Crippen MR) is 141 cm³/mol. The molecule has 0 amide bonds. The Hall–Kier alpha value is -4.60. The summed E-state index contributed by atoms with van der Waals surface area (Å²) in [6.07, 6.45) is -1.66. The third-order valence-corrected chi connectivity index (χ3v) is 6.05. The van der Waals surface area contributed by atoms with Gasteiger partial charge in [0.15, 0.2) is 12.0 Å². The molecule has 0 saturated carbocycles. The Kier molecular flexibility index (Phi) is 9.35. The summed E-state index contributed by atoms with van der Waals surface area (Å²) in [4.78, 5) is 18.0. The number of methoxy groups -OCH3 is 1. The lowest BCUT2D eigenvalue weighted by Gasteiger charge is -2.16. The van der Waals surface area contributed by atoms with Gasteiger partial charge >= 0.3 is 6.61 Å². The van der Waals surface area contributed by atoms with Crippen molar-refractivity contribution in [1.82, 2.24) is 14.3 Å². The van der Waals surface area contributed by atoms with Gasteiger partial charge in [-0.25, -0.2) is 8.78 Å². The van der Waals surface area contributed by atoms with Crippen LogP contribution in [-0.4, -0.2) is 56.6 Å². The van der Waals surface area contributed by atoms with E-state index in [9.17, 15) is 23.8 Å². The number of benzene rings is 2. The minimum absolute atomic E-state index is 0.0530. The molecule has 0 radical (unpaired) electrons. The van der Waals surface area contributed by atoms with Gasteiger partial charge in [-0.2, -0.15) is 18.4 Å². The fourth-order valence-electron chi connectivity index (χ4n) is 4.19. The van der Waals surface area contributed by atoms with Gasteiger partial charge in [0.05, 0.1) is 31.6 Å². The monoisotopic (exact) mass is 594 g/mol. The molecule has 1 atom stereocenters. The average molecular weight is 595 g/mol. The van der Waals surface area contributed by atoms with Crippen LogP contribution in [0.5, 0.6) is 17.4 Å². The van der Waals surface area contributed by atoms with Crippen LogP contribution in [0.25, 0.3) is 17.1 Å². The highest BCUT2D eigenvalue weighted by molar-refractivity contribution is 5.76. The van der Waals surface area contributed by atoms with E-state index in [1.54, 1.807) is 0 Å². The number of nitrogens with zero attached hydrogens (tertiary/aromatic N) is 3. The van der Waals surface area contributed by atoms with Crippen LogP contribution in [0.3, 0.4) is 0 Å². The molecule has 2 aromatic heterocycles. The molecule has 0 bridgehead atoms. The number of pyridine rings is 1. The van der Waals surface area contributed by atoms with E-state index in [1.807, 2.05) is 0 Å². The second kappa shape index (κ2) is 12.9. The highest BCUT2D eigenvalue weighted by atomic mass is 19.3. The van der Waals surface area contributed by atoms with E-state index in [-0.39, 0.29) is 53.2 Å². The molecule has 2 heterocycles. The Labute approximate surface area is 235 Å². The Morgan fingerprint density at radius 3 is 2.26 bits per heavy atom. The first-order valence-electron chi connectivity index (χ1n) is 12.3. The first-order chi connectivity index (χ1) is 20.1. The Morgan fingerprint density at radius 1 is 1.02 bits per heavy atom. The van der Waals surface area contributed by atoms with Crippen LogP contribution in [0.2, 0.25) is 0 Å². The molecule has 0 aliphatic rings. The van der Waals surface area contributed by atoms with Gasteiger partial charge in [-0.3, -0.25) is 9.48 Å². The van der Waals surface area contributed by atoms with Crippen molar-refractivity contribution in [3.05, 3.63) is 81.6 Å². The zero-order valence-electron chi connectivity index (χ0n) is 22.2. The molecular formula is C27H26F4N4O7. The second-order valence-corrected chi connectivity index (χ2v) is 8.73. The fraction of sp³-hybridized carbons (Fsp3) is 0.259. The Morgan fingerprint density at radius 2 is 1.69 bits per heavy atom. The maximum atomic E-state index is 15.3. The third-order valence-electron chi connectivity index (χ3n) is 6.05.